The highest BCUT2D eigenvalue weighted by Crippen LogP contribution is 1.96. The van der Waals surface area contributed by atoms with Crippen LogP contribution < -0.4 is 16.4 Å². The van der Waals surface area contributed by atoms with Gasteiger partial charge in [-0.1, -0.05) is 33.1 Å². The van der Waals surface area contributed by atoms with Crippen LogP contribution in [-0.4, -0.2) is 31.5 Å². The number of nitrogens with two attached hydrogens (primary N) is 1. The predicted octanol–water partition coefficient (Wildman–Crippen LogP) is 0.997. The minimum atomic E-state index is -0.0809. The molecule has 0 spiro atoms. The Balaban J connectivity index is 3.53. The summed E-state index contributed by atoms with van der Waals surface area (Å²) in [5.41, 5.74) is 5.62. The third-order valence-corrected chi connectivity index (χ3v) is 2.30. The number of rotatable bonds is 9. The third-order valence-electron chi connectivity index (χ3n) is 2.30. The molecule has 0 aromatic heterocycles. The molecule has 0 bridgehead atoms. The van der Waals surface area contributed by atoms with Gasteiger partial charge >= 0.3 is 0 Å². The summed E-state index contributed by atoms with van der Waals surface area (Å²) in [5, 5.41) is 5.74. The van der Waals surface area contributed by atoms with E-state index in [9.17, 15) is 4.79 Å². The molecule has 0 saturated carbocycles. The number of nitrogens with zero attached hydrogens (tertiary/aromatic N) is 1. The second-order valence-electron chi connectivity index (χ2n) is 4.04. The number of unbranched alkanes of at least 4 members (excludes halogenated alkanes) is 3. The van der Waals surface area contributed by atoms with Crippen molar-refractivity contribution in [1.82, 2.24) is 10.6 Å². The molecule has 0 saturated heterocycles. The van der Waals surface area contributed by atoms with Crippen molar-refractivity contribution < 1.29 is 4.79 Å². The summed E-state index contributed by atoms with van der Waals surface area (Å²) in [6.07, 6.45) is 5.69. The molecule has 0 aliphatic heterocycles. The molecule has 0 atom stereocenters. The number of carbonyl (C=O) groups is 1. The average Bonchev–Trinajstić information content (AvgIpc) is 2.33. The van der Waals surface area contributed by atoms with Crippen molar-refractivity contribution in [2.45, 2.75) is 46.0 Å². The Kier molecular flexibility index (Phi) is 10.4. The lowest BCUT2D eigenvalue weighted by atomic mass is 10.2. The SMILES string of the molecule is CCCCCCNC(N)=NCC(=O)NCCC. The largest absolute Gasteiger partial charge is 0.370 e. The average molecular weight is 242 g/mol. The van der Waals surface area contributed by atoms with E-state index in [1.165, 1.54) is 19.3 Å². The first-order valence-electron chi connectivity index (χ1n) is 6.51. The first-order valence-corrected chi connectivity index (χ1v) is 6.51. The van der Waals surface area contributed by atoms with Crippen molar-refractivity contribution in [2.24, 2.45) is 10.7 Å². The quantitative estimate of drug-likeness (QED) is 0.320. The lowest BCUT2D eigenvalue weighted by molar-refractivity contribution is -0.119. The summed E-state index contributed by atoms with van der Waals surface area (Å²) < 4.78 is 0. The monoisotopic (exact) mass is 242 g/mol. The number of nitrogens with one attached hydrogen (secondary N) is 2. The lowest BCUT2D eigenvalue weighted by Crippen LogP contribution is -2.34. The van der Waals surface area contributed by atoms with Crippen LogP contribution in [-0.2, 0) is 4.79 Å². The van der Waals surface area contributed by atoms with Gasteiger partial charge in [0.15, 0.2) is 5.96 Å². The van der Waals surface area contributed by atoms with Gasteiger partial charge in [-0.25, -0.2) is 4.99 Å². The Morgan fingerprint density at radius 3 is 2.47 bits per heavy atom. The van der Waals surface area contributed by atoms with E-state index in [-0.39, 0.29) is 12.5 Å². The second kappa shape index (κ2) is 11.2. The predicted molar refractivity (Wildman–Crippen MR) is 71.9 cm³/mol. The van der Waals surface area contributed by atoms with Gasteiger partial charge in [-0.3, -0.25) is 4.79 Å². The van der Waals surface area contributed by atoms with Crippen LogP contribution in [0.3, 0.4) is 0 Å². The van der Waals surface area contributed by atoms with Crippen molar-refractivity contribution in [2.75, 3.05) is 19.6 Å². The van der Waals surface area contributed by atoms with Crippen molar-refractivity contribution >= 4 is 11.9 Å². The van der Waals surface area contributed by atoms with E-state index in [2.05, 4.69) is 22.5 Å². The molecule has 0 radical (unpaired) electrons. The van der Waals surface area contributed by atoms with Gasteiger partial charge in [0, 0.05) is 13.1 Å². The van der Waals surface area contributed by atoms with Crippen LogP contribution in [0.4, 0.5) is 0 Å². The molecule has 0 heterocycles. The maximum absolute atomic E-state index is 11.2. The van der Waals surface area contributed by atoms with Crippen LogP contribution in [0.1, 0.15) is 46.0 Å². The highest BCUT2D eigenvalue weighted by atomic mass is 16.1. The van der Waals surface area contributed by atoms with Crippen molar-refractivity contribution in [3.63, 3.8) is 0 Å². The highest BCUT2D eigenvalue weighted by molar-refractivity contribution is 5.83. The zero-order chi connectivity index (χ0) is 12.9. The standard InChI is InChI=1S/C12H26N4O/c1-3-5-6-7-9-15-12(13)16-10-11(17)14-8-4-2/h3-10H2,1-2H3,(H,14,17)(H3,13,15,16). The van der Waals surface area contributed by atoms with E-state index in [0.717, 1.165) is 19.4 Å². The van der Waals surface area contributed by atoms with Crippen molar-refractivity contribution in [1.29, 1.82) is 0 Å². The number of hydrogen-bond acceptors (Lipinski definition) is 2. The molecule has 0 aliphatic carbocycles. The summed E-state index contributed by atoms with van der Waals surface area (Å²) in [6.45, 7) is 5.81. The fourth-order valence-corrected chi connectivity index (χ4v) is 1.30. The number of carbonyl (C=O) groups excluding carboxylic acids is 1. The van der Waals surface area contributed by atoms with Crippen LogP contribution in [0.5, 0.6) is 0 Å². The Bertz CT molecular complexity index is 229. The Labute approximate surface area is 104 Å². The minimum absolute atomic E-state index is 0.0809. The maximum Gasteiger partial charge on any atom is 0.241 e. The van der Waals surface area contributed by atoms with Gasteiger partial charge in [0.25, 0.3) is 0 Å². The molecule has 0 unspecified atom stereocenters. The smallest absolute Gasteiger partial charge is 0.241 e. The zero-order valence-corrected chi connectivity index (χ0v) is 11.1. The van der Waals surface area contributed by atoms with E-state index >= 15 is 0 Å². The summed E-state index contributed by atoms with van der Waals surface area (Å²) in [4.78, 5) is 15.2. The lowest BCUT2D eigenvalue weighted by Gasteiger charge is -2.05. The molecule has 17 heavy (non-hydrogen) atoms. The molecule has 0 aromatic carbocycles. The first kappa shape index (κ1) is 15.7. The molecule has 0 aliphatic rings. The van der Waals surface area contributed by atoms with E-state index in [1.54, 1.807) is 0 Å². The summed E-state index contributed by atoms with van der Waals surface area (Å²) in [7, 11) is 0. The van der Waals surface area contributed by atoms with Gasteiger partial charge < -0.3 is 16.4 Å². The molecule has 1 amide bonds. The molecule has 0 aromatic rings. The molecular weight excluding hydrogens is 216 g/mol. The van der Waals surface area contributed by atoms with E-state index in [1.807, 2.05) is 6.92 Å². The number of guanidine groups is 1. The van der Waals surface area contributed by atoms with Gasteiger partial charge in [0.1, 0.15) is 6.54 Å². The van der Waals surface area contributed by atoms with Gasteiger partial charge in [-0.05, 0) is 12.8 Å². The van der Waals surface area contributed by atoms with Gasteiger partial charge in [0.05, 0.1) is 0 Å². The third kappa shape index (κ3) is 11.0. The van der Waals surface area contributed by atoms with Crippen LogP contribution in [0.25, 0.3) is 0 Å². The zero-order valence-electron chi connectivity index (χ0n) is 11.1. The number of hydrogen-bond donors (Lipinski definition) is 3. The number of aliphatic imine (C=N–C) groups is 1. The van der Waals surface area contributed by atoms with Crippen LogP contribution in [0, 0.1) is 0 Å². The summed E-state index contributed by atoms with van der Waals surface area (Å²) in [6, 6.07) is 0. The molecular formula is C12H26N4O. The van der Waals surface area contributed by atoms with Crippen LogP contribution in [0.15, 0.2) is 4.99 Å². The first-order chi connectivity index (χ1) is 8.20. The van der Waals surface area contributed by atoms with E-state index in [0.29, 0.717) is 12.5 Å². The van der Waals surface area contributed by atoms with Crippen molar-refractivity contribution in [3.8, 4) is 0 Å². The fraction of sp³-hybridized carbons (Fsp3) is 0.833. The van der Waals surface area contributed by atoms with Crippen molar-refractivity contribution in [3.05, 3.63) is 0 Å². The van der Waals surface area contributed by atoms with Crippen LogP contribution in [0.2, 0.25) is 0 Å². The minimum Gasteiger partial charge on any atom is -0.370 e. The molecule has 0 fully saturated rings. The van der Waals surface area contributed by atoms with Crippen LogP contribution >= 0.6 is 0 Å². The topological polar surface area (TPSA) is 79.5 Å². The summed E-state index contributed by atoms with van der Waals surface area (Å²) >= 11 is 0. The molecule has 100 valence electrons. The second-order valence-corrected chi connectivity index (χ2v) is 4.04. The number of amides is 1. The van der Waals surface area contributed by atoms with Gasteiger partial charge in [-0.15, -0.1) is 0 Å². The molecule has 4 N–H and O–H groups in total. The van der Waals surface area contributed by atoms with Gasteiger partial charge in [0.2, 0.25) is 5.91 Å². The Hall–Kier alpha value is -1.26. The maximum atomic E-state index is 11.2. The highest BCUT2D eigenvalue weighted by Gasteiger charge is 1.98. The van der Waals surface area contributed by atoms with Gasteiger partial charge in [-0.2, -0.15) is 0 Å². The Morgan fingerprint density at radius 2 is 1.82 bits per heavy atom. The van der Waals surface area contributed by atoms with E-state index < -0.39 is 0 Å². The summed E-state index contributed by atoms with van der Waals surface area (Å²) in [5.74, 6) is 0.274. The molecule has 5 nitrogen and oxygen atoms in total. The Morgan fingerprint density at radius 1 is 1.06 bits per heavy atom. The normalized spacial score (nSPS) is 11.3. The van der Waals surface area contributed by atoms with E-state index in [4.69, 9.17) is 5.73 Å². The molecule has 5 heteroatoms. The fourth-order valence-electron chi connectivity index (χ4n) is 1.30. The molecule has 0 rings (SSSR count).